The van der Waals surface area contributed by atoms with Crippen LogP contribution in [0, 0.1) is 56.4 Å². The molecule has 0 bridgehead atoms. The van der Waals surface area contributed by atoms with Gasteiger partial charge in [0.05, 0.1) is 24.0 Å². The van der Waals surface area contributed by atoms with Crippen LogP contribution in [0.1, 0.15) is 22.5 Å². The Kier molecular flexibility index (Phi) is 10.3. The van der Waals surface area contributed by atoms with E-state index in [9.17, 15) is 4.79 Å². The van der Waals surface area contributed by atoms with E-state index < -0.39 is 0 Å². The van der Waals surface area contributed by atoms with Gasteiger partial charge in [-0.25, -0.2) is 10.1 Å². The van der Waals surface area contributed by atoms with Gasteiger partial charge >= 0.3 is 31.1 Å². The molecule has 1 amide bonds. The van der Waals surface area contributed by atoms with Gasteiger partial charge in [0, 0.05) is 23.0 Å². The molecule has 2 N–H and O–H groups in total. The summed E-state index contributed by atoms with van der Waals surface area (Å²) < 4.78 is 5.34. The number of carbonyl (C=O) groups excluding carboxylic acids is 1. The van der Waals surface area contributed by atoms with Gasteiger partial charge in [-0.3, -0.25) is 26.2 Å². The van der Waals surface area contributed by atoms with Crippen LogP contribution in [0.15, 0.2) is 24.5 Å². The Hall–Kier alpha value is -1.57. The normalized spacial score (nSPS) is 14.8. The van der Waals surface area contributed by atoms with Crippen LogP contribution < -0.4 is 15.4 Å². The zero-order valence-electron chi connectivity index (χ0n) is 17.1. The van der Waals surface area contributed by atoms with E-state index in [0.717, 1.165) is 23.6 Å². The topological polar surface area (TPSA) is 102 Å². The molecule has 0 radical (unpaired) electrons. The van der Waals surface area contributed by atoms with E-state index in [1.54, 1.807) is 12.1 Å². The number of aryl methyl sites for hydroxylation is 1. The van der Waals surface area contributed by atoms with Crippen LogP contribution in [0.5, 0.6) is 5.75 Å². The number of carbonyl (C=O) groups is 1. The largest absolute Gasteiger partial charge is 2.00 e. The zero-order chi connectivity index (χ0) is 21.5. The Bertz CT molecular complexity index is 999. The Morgan fingerprint density at radius 2 is 2.16 bits per heavy atom. The molecule has 0 spiro atoms. The van der Waals surface area contributed by atoms with Crippen LogP contribution in [0.3, 0.4) is 0 Å². The molecular formula is C20H21ClN6O2SU. The second-order valence-corrected chi connectivity index (χ2v) is 7.75. The van der Waals surface area contributed by atoms with Gasteiger partial charge < -0.3 is 22.3 Å². The Balaban J connectivity index is 0.000000422. The van der Waals surface area contributed by atoms with Gasteiger partial charge in [-0.05, 0) is 32.1 Å². The average Bonchev–Trinajstić information content (AvgIpc) is 3.42. The number of nitrogens with zero attached hydrogens (tertiary/aromatic N) is 4. The number of amides is 1. The molecule has 1 fully saturated rings. The number of nitrogens with one attached hydrogen (secondary N) is 2. The summed E-state index contributed by atoms with van der Waals surface area (Å²) in [6, 6.07) is 3.43. The number of halogens is 1. The molecule has 0 saturated carbocycles. The van der Waals surface area contributed by atoms with E-state index in [-0.39, 0.29) is 37.0 Å². The third-order valence-electron chi connectivity index (χ3n) is 4.34. The van der Waals surface area contributed by atoms with E-state index in [1.165, 1.54) is 32.5 Å². The summed E-state index contributed by atoms with van der Waals surface area (Å²) in [5.41, 5.74) is 4.96. The van der Waals surface area contributed by atoms with Crippen molar-refractivity contribution in [3.8, 4) is 16.9 Å². The fourth-order valence-corrected chi connectivity index (χ4v) is 3.38. The standard InChI is InChI=1S/C15H11ClN5O2S.C5H10N.U/c1-8-3-9(10-4-13(16)18-6-12(10)23-2)11(5-17-8)14(22)20-15-21-19-7-24-15;1-5-2-3-6-4-5;/h3-6H,1-2H3,(H,20,21,22);5-6H,1-4H2;/q2*-1;+2. The second kappa shape index (κ2) is 12.5. The Morgan fingerprint density at radius 3 is 2.74 bits per heavy atom. The maximum atomic E-state index is 12.6. The SMILES string of the molecule is COc1cnc(Cl)cc1-c1cc(C)ncc1C(=O)Nc1nn[c-]s1.[CH2-]C1CCNC1.[U+2]. The maximum Gasteiger partial charge on any atom is 2.00 e. The van der Waals surface area contributed by atoms with Gasteiger partial charge in [0.2, 0.25) is 5.91 Å². The molecule has 1 saturated heterocycles. The van der Waals surface area contributed by atoms with Gasteiger partial charge in [0.15, 0.2) is 0 Å². The molecule has 31 heavy (non-hydrogen) atoms. The van der Waals surface area contributed by atoms with Crippen LogP contribution in [0.2, 0.25) is 5.15 Å². The number of methoxy groups -OCH3 is 1. The molecule has 3 aromatic rings. The molecule has 1 atom stereocenters. The molecule has 0 aromatic carbocycles. The smallest absolute Gasteiger partial charge is 0.494 e. The van der Waals surface area contributed by atoms with Crippen molar-refractivity contribution in [1.29, 1.82) is 0 Å². The predicted molar refractivity (Wildman–Crippen MR) is 117 cm³/mol. The van der Waals surface area contributed by atoms with E-state index in [1.807, 2.05) is 6.92 Å². The first-order valence-corrected chi connectivity index (χ1v) is 10.4. The van der Waals surface area contributed by atoms with Crippen LogP contribution in [0.25, 0.3) is 11.1 Å². The third kappa shape index (κ3) is 7.23. The maximum absolute atomic E-state index is 12.6. The van der Waals surface area contributed by atoms with Gasteiger partial charge in [-0.15, -0.1) is 0 Å². The minimum Gasteiger partial charge on any atom is -0.494 e. The number of aromatic nitrogens is 4. The third-order valence-corrected chi connectivity index (χ3v) is 5.09. The molecule has 0 aliphatic carbocycles. The number of hydrogen-bond acceptors (Lipinski definition) is 8. The molecule has 1 unspecified atom stereocenters. The van der Waals surface area contributed by atoms with E-state index in [4.69, 9.17) is 16.3 Å². The minimum atomic E-state index is -0.363. The van der Waals surface area contributed by atoms with Gasteiger partial charge in [-0.1, -0.05) is 23.5 Å². The minimum absolute atomic E-state index is 0. The molecule has 4 rings (SSSR count). The van der Waals surface area contributed by atoms with Crippen LogP contribution in [0.4, 0.5) is 5.13 Å². The quantitative estimate of drug-likeness (QED) is 0.321. The fourth-order valence-electron chi connectivity index (χ4n) is 2.83. The summed E-state index contributed by atoms with van der Waals surface area (Å²) in [6.07, 6.45) is 4.27. The predicted octanol–water partition coefficient (Wildman–Crippen LogP) is 3.45. The number of ether oxygens (including phenoxy) is 1. The van der Waals surface area contributed by atoms with Crippen molar-refractivity contribution >= 4 is 34.0 Å². The number of rotatable bonds is 4. The average molecular weight is 683 g/mol. The van der Waals surface area contributed by atoms with E-state index in [0.29, 0.717) is 38.6 Å². The summed E-state index contributed by atoms with van der Waals surface area (Å²) in [6.45, 7) is 8.01. The summed E-state index contributed by atoms with van der Waals surface area (Å²) in [7, 11) is 1.53. The van der Waals surface area contributed by atoms with Gasteiger partial charge in [-0.2, -0.15) is 5.92 Å². The van der Waals surface area contributed by atoms with Crippen molar-refractivity contribution in [2.24, 2.45) is 5.92 Å². The summed E-state index contributed by atoms with van der Waals surface area (Å²) in [5.74, 6) is 0.825. The summed E-state index contributed by atoms with van der Waals surface area (Å²) >= 11 is 7.11. The Labute approximate surface area is 214 Å². The molecule has 4 heterocycles. The van der Waals surface area contributed by atoms with Crippen LogP contribution >= 0.6 is 22.9 Å². The first-order valence-electron chi connectivity index (χ1n) is 9.19. The van der Waals surface area contributed by atoms with Crippen molar-refractivity contribution in [2.75, 3.05) is 25.5 Å². The van der Waals surface area contributed by atoms with E-state index >= 15 is 0 Å². The summed E-state index contributed by atoms with van der Waals surface area (Å²) in [5, 5.41) is 13.8. The molecule has 1 aliphatic rings. The van der Waals surface area contributed by atoms with Crippen molar-refractivity contribution in [3.63, 3.8) is 0 Å². The van der Waals surface area contributed by atoms with Crippen LogP contribution in [-0.4, -0.2) is 46.3 Å². The van der Waals surface area contributed by atoms with Gasteiger partial charge in [0.25, 0.3) is 0 Å². The number of pyridine rings is 2. The molecule has 11 heteroatoms. The second-order valence-electron chi connectivity index (χ2n) is 6.59. The summed E-state index contributed by atoms with van der Waals surface area (Å²) in [4.78, 5) is 20.8. The number of anilines is 1. The van der Waals surface area contributed by atoms with Crippen molar-refractivity contribution < 1.29 is 40.6 Å². The molecule has 160 valence electrons. The van der Waals surface area contributed by atoms with Crippen molar-refractivity contribution in [1.82, 2.24) is 25.5 Å². The monoisotopic (exact) mass is 682 g/mol. The first kappa shape index (κ1) is 25.7. The molecule has 1 aliphatic heterocycles. The molecule has 8 nitrogen and oxygen atoms in total. The molecular weight excluding hydrogens is 662 g/mol. The molecule has 3 aromatic heterocycles. The fraction of sp³-hybridized carbons (Fsp3) is 0.300. The van der Waals surface area contributed by atoms with Crippen molar-refractivity contribution in [3.05, 3.63) is 53.4 Å². The zero-order valence-corrected chi connectivity index (χ0v) is 22.8. The van der Waals surface area contributed by atoms with Crippen LogP contribution in [-0.2, 0) is 0 Å². The van der Waals surface area contributed by atoms with E-state index in [2.05, 4.69) is 43.2 Å². The first-order chi connectivity index (χ1) is 14.5. The number of hydrogen-bond donors (Lipinski definition) is 2. The van der Waals surface area contributed by atoms with Gasteiger partial charge in [0.1, 0.15) is 10.9 Å². The Morgan fingerprint density at radius 1 is 1.35 bits per heavy atom. The van der Waals surface area contributed by atoms with Crippen molar-refractivity contribution in [2.45, 2.75) is 13.3 Å².